The number of fused-ring (bicyclic) bond motifs is 1. The molecule has 4 nitrogen and oxygen atoms in total. The topological polar surface area (TPSA) is 49.4 Å². The quantitative estimate of drug-likeness (QED) is 0.694. The van der Waals surface area contributed by atoms with Crippen molar-refractivity contribution < 1.29 is 9.59 Å². The van der Waals surface area contributed by atoms with Gasteiger partial charge in [0.1, 0.15) is 6.54 Å². The van der Waals surface area contributed by atoms with E-state index in [9.17, 15) is 9.59 Å². The first-order valence-electron chi connectivity index (χ1n) is 10.7. The molecule has 2 amide bonds. The molecule has 2 aromatic carbocycles. The second-order valence-corrected chi connectivity index (χ2v) is 9.40. The van der Waals surface area contributed by atoms with Crippen molar-refractivity contribution in [3.63, 3.8) is 0 Å². The van der Waals surface area contributed by atoms with Crippen LogP contribution in [0.15, 0.2) is 58.3 Å². The number of para-hydroxylation sites is 1. The largest absolute Gasteiger partial charge is 0.352 e. The normalized spacial score (nSPS) is 22.7. The van der Waals surface area contributed by atoms with Gasteiger partial charge >= 0.3 is 0 Å². The van der Waals surface area contributed by atoms with Gasteiger partial charge in [-0.05, 0) is 49.5 Å². The van der Waals surface area contributed by atoms with Gasteiger partial charge in [0.05, 0.1) is 10.6 Å². The molecule has 0 bridgehead atoms. The number of thioether (sulfide) groups is 1. The van der Waals surface area contributed by atoms with Gasteiger partial charge in [-0.25, -0.2) is 0 Å². The predicted molar refractivity (Wildman–Crippen MR) is 123 cm³/mol. The monoisotopic (exact) mass is 420 g/mol. The third-order valence-corrected chi connectivity index (χ3v) is 7.04. The Morgan fingerprint density at radius 1 is 1.13 bits per heavy atom. The first-order valence-corrected chi connectivity index (χ1v) is 11.5. The molecule has 2 aliphatic rings. The third kappa shape index (κ3) is 4.62. The van der Waals surface area contributed by atoms with Gasteiger partial charge in [0.25, 0.3) is 5.91 Å². The minimum absolute atomic E-state index is 0.0465. The Morgan fingerprint density at radius 2 is 1.87 bits per heavy atom. The van der Waals surface area contributed by atoms with Gasteiger partial charge in [-0.3, -0.25) is 14.5 Å². The third-order valence-electron chi connectivity index (χ3n) is 5.97. The number of carbonyl (C=O) groups is 2. The van der Waals surface area contributed by atoms with Crippen molar-refractivity contribution in [2.45, 2.75) is 50.5 Å². The number of nitrogens with one attached hydrogen (secondary N) is 1. The van der Waals surface area contributed by atoms with Gasteiger partial charge in [-0.2, -0.15) is 0 Å². The molecule has 1 heterocycles. The first kappa shape index (κ1) is 20.7. The van der Waals surface area contributed by atoms with Crippen LogP contribution in [0.3, 0.4) is 0 Å². The molecule has 0 radical (unpaired) electrons. The van der Waals surface area contributed by atoms with E-state index in [1.807, 2.05) is 61.5 Å². The Bertz CT molecular complexity index is 967. The Kier molecular flexibility index (Phi) is 6.28. The van der Waals surface area contributed by atoms with Crippen LogP contribution in [-0.2, 0) is 9.59 Å². The van der Waals surface area contributed by atoms with Gasteiger partial charge in [-0.1, -0.05) is 73.5 Å². The summed E-state index contributed by atoms with van der Waals surface area (Å²) in [6.45, 7) is 4.29. The number of benzene rings is 2. The highest BCUT2D eigenvalue weighted by Crippen LogP contribution is 2.42. The number of hydrogen-bond donors (Lipinski definition) is 1. The van der Waals surface area contributed by atoms with Gasteiger partial charge < -0.3 is 5.32 Å². The summed E-state index contributed by atoms with van der Waals surface area (Å²) in [5.74, 6) is 0.282. The van der Waals surface area contributed by atoms with Gasteiger partial charge in [0, 0.05) is 10.9 Å². The zero-order chi connectivity index (χ0) is 21.1. The summed E-state index contributed by atoms with van der Waals surface area (Å²) < 4.78 is 0. The van der Waals surface area contributed by atoms with E-state index in [-0.39, 0.29) is 24.4 Å². The molecular formula is C25H28N2O2S. The SMILES string of the molecule is Cc1ccc(/C=C2/Sc3ccccc3N(CC(=O)N[C@H]3CCCC[C@@H]3C)C2=O)cc1. The summed E-state index contributed by atoms with van der Waals surface area (Å²) in [5.41, 5.74) is 2.97. The van der Waals surface area contributed by atoms with E-state index in [0.29, 0.717) is 10.8 Å². The molecule has 0 spiro atoms. The van der Waals surface area contributed by atoms with E-state index >= 15 is 0 Å². The molecule has 5 heteroatoms. The molecule has 1 fully saturated rings. The molecule has 0 unspecified atom stereocenters. The standard InChI is InChI=1S/C25H28N2O2S/c1-17-11-13-19(14-12-17)15-23-25(29)27(21-9-5-6-10-22(21)30-23)16-24(28)26-20-8-4-3-7-18(20)2/h5-6,9-15,18,20H,3-4,7-8,16H2,1-2H3,(H,26,28)/b23-15+/t18-,20-/m0/s1. The molecule has 1 aliphatic heterocycles. The molecule has 4 rings (SSSR count). The fraction of sp³-hybridized carbons (Fsp3) is 0.360. The van der Waals surface area contributed by atoms with Crippen LogP contribution >= 0.6 is 11.8 Å². The van der Waals surface area contributed by atoms with Crippen LogP contribution in [0.4, 0.5) is 5.69 Å². The molecule has 2 atom stereocenters. The van der Waals surface area contributed by atoms with E-state index < -0.39 is 0 Å². The predicted octanol–water partition coefficient (Wildman–Crippen LogP) is 5.17. The number of amides is 2. The highest BCUT2D eigenvalue weighted by molar-refractivity contribution is 8.04. The van der Waals surface area contributed by atoms with Gasteiger partial charge in [0.15, 0.2) is 0 Å². The number of hydrogen-bond acceptors (Lipinski definition) is 3. The second kappa shape index (κ2) is 9.09. The molecule has 1 N–H and O–H groups in total. The molecule has 2 aromatic rings. The fourth-order valence-corrected chi connectivity index (χ4v) is 5.22. The summed E-state index contributed by atoms with van der Waals surface area (Å²) in [5, 5.41) is 3.18. The highest BCUT2D eigenvalue weighted by Gasteiger charge is 2.31. The number of nitrogens with zero attached hydrogens (tertiary/aromatic N) is 1. The number of aryl methyl sites for hydroxylation is 1. The molecule has 156 valence electrons. The van der Waals surface area contributed by atoms with E-state index in [1.165, 1.54) is 23.7 Å². The number of anilines is 1. The molecule has 0 saturated heterocycles. The molecule has 0 aromatic heterocycles. The summed E-state index contributed by atoms with van der Waals surface area (Å²) >= 11 is 1.47. The van der Waals surface area contributed by atoms with Crippen molar-refractivity contribution in [3.05, 3.63) is 64.6 Å². The van der Waals surface area contributed by atoms with Crippen molar-refractivity contribution in [1.82, 2.24) is 5.32 Å². The summed E-state index contributed by atoms with van der Waals surface area (Å²) in [6.07, 6.45) is 6.47. The zero-order valence-corrected chi connectivity index (χ0v) is 18.4. The van der Waals surface area contributed by atoms with E-state index in [4.69, 9.17) is 0 Å². The Balaban J connectivity index is 1.56. The van der Waals surface area contributed by atoms with Crippen LogP contribution in [0.5, 0.6) is 0 Å². The lowest BCUT2D eigenvalue weighted by Crippen LogP contribution is -2.48. The molecule has 30 heavy (non-hydrogen) atoms. The van der Waals surface area contributed by atoms with Crippen molar-refractivity contribution >= 4 is 35.3 Å². The van der Waals surface area contributed by atoms with Gasteiger partial charge in [0.2, 0.25) is 5.91 Å². The zero-order valence-electron chi connectivity index (χ0n) is 17.6. The highest BCUT2D eigenvalue weighted by atomic mass is 32.2. The minimum Gasteiger partial charge on any atom is -0.352 e. The van der Waals surface area contributed by atoms with Crippen LogP contribution in [0.1, 0.15) is 43.7 Å². The van der Waals surface area contributed by atoms with E-state index in [0.717, 1.165) is 35.4 Å². The minimum atomic E-state index is -0.119. The maximum Gasteiger partial charge on any atom is 0.265 e. The average Bonchev–Trinajstić information content (AvgIpc) is 2.74. The van der Waals surface area contributed by atoms with Crippen molar-refractivity contribution in [2.75, 3.05) is 11.4 Å². The maximum atomic E-state index is 13.3. The van der Waals surface area contributed by atoms with Crippen molar-refractivity contribution in [2.24, 2.45) is 5.92 Å². The Morgan fingerprint density at radius 3 is 2.63 bits per heavy atom. The van der Waals surface area contributed by atoms with Crippen LogP contribution in [0.25, 0.3) is 6.08 Å². The Hall–Kier alpha value is -2.53. The summed E-state index contributed by atoms with van der Waals surface area (Å²) in [7, 11) is 0. The van der Waals surface area contributed by atoms with Gasteiger partial charge in [-0.15, -0.1) is 0 Å². The number of rotatable bonds is 4. The lowest BCUT2D eigenvalue weighted by Gasteiger charge is -2.32. The number of carbonyl (C=O) groups excluding carboxylic acids is 2. The second-order valence-electron chi connectivity index (χ2n) is 8.32. The first-order chi connectivity index (χ1) is 14.5. The lowest BCUT2D eigenvalue weighted by atomic mass is 9.86. The average molecular weight is 421 g/mol. The van der Waals surface area contributed by atoms with E-state index in [2.05, 4.69) is 12.2 Å². The van der Waals surface area contributed by atoms with Crippen LogP contribution in [-0.4, -0.2) is 24.4 Å². The van der Waals surface area contributed by atoms with Crippen molar-refractivity contribution in [3.8, 4) is 0 Å². The van der Waals surface area contributed by atoms with Crippen molar-refractivity contribution in [1.29, 1.82) is 0 Å². The maximum absolute atomic E-state index is 13.3. The summed E-state index contributed by atoms with van der Waals surface area (Å²) in [6, 6.07) is 16.1. The van der Waals surface area contributed by atoms with E-state index in [1.54, 1.807) is 4.90 Å². The van der Waals surface area contributed by atoms with Crippen LogP contribution in [0, 0.1) is 12.8 Å². The van der Waals surface area contributed by atoms with Crippen LogP contribution < -0.4 is 10.2 Å². The molecular weight excluding hydrogens is 392 g/mol. The lowest BCUT2D eigenvalue weighted by molar-refractivity contribution is -0.123. The Labute approximate surface area is 182 Å². The van der Waals surface area contributed by atoms with Crippen LogP contribution in [0.2, 0.25) is 0 Å². The molecule has 1 saturated carbocycles. The summed E-state index contributed by atoms with van der Waals surface area (Å²) in [4.78, 5) is 29.4. The smallest absolute Gasteiger partial charge is 0.265 e. The fourth-order valence-electron chi connectivity index (χ4n) is 4.16. The molecule has 1 aliphatic carbocycles.